The number of rotatable bonds is 2. The monoisotopic (exact) mass is 376 g/mol. The number of fused-ring (bicyclic) bond motifs is 4. The van der Waals surface area contributed by atoms with Crippen LogP contribution in [0.2, 0.25) is 0 Å². The van der Waals surface area contributed by atoms with Gasteiger partial charge in [0.15, 0.2) is 0 Å². The molecule has 3 nitrogen and oxygen atoms in total. The average molecular weight is 377 g/mol. The molecule has 2 aromatic rings. The van der Waals surface area contributed by atoms with Crippen LogP contribution < -0.4 is 10.6 Å². The molecule has 0 saturated carbocycles. The Balaban J connectivity index is 1.65. The first-order valence-corrected chi connectivity index (χ1v) is 10.7. The van der Waals surface area contributed by atoms with Crippen LogP contribution in [0.1, 0.15) is 54.1 Å². The van der Waals surface area contributed by atoms with E-state index in [9.17, 15) is 4.79 Å². The van der Waals surface area contributed by atoms with E-state index in [1.54, 1.807) is 17.3 Å². The van der Waals surface area contributed by atoms with Crippen molar-refractivity contribution in [3.63, 3.8) is 0 Å². The maximum Gasteiger partial charge on any atom is 0.251 e. The second-order valence-corrected chi connectivity index (χ2v) is 8.78. The minimum Gasteiger partial charge on any atom is -0.352 e. The minimum atomic E-state index is 0.00822. The zero-order valence-corrected chi connectivity index (χ0v) is 16.4. The molecular formula is C23H24N2OS. The number of hydrogen-bond donors (Lipinski definition) is 2. The maximum absolute atomic E-state index is 12.3. The van der Waals surface area contributed by atoms with E-state index in [1.165, 1.54) is 39.3 Å². The van der Waals surface area contributed by atoms with Crippen LogP contribution in [0.25, 0.3) is 5.57 Å². The van der Waals surface area contributed by atoms with E-state index in [0.717, 1.165) is 18.4 Å². The fourth-order valence-electron chi connectivity index (χ4n) is 4.73. The van der Waals surface area contributed by atoms with Crippen molar-refractivity contribution in [3.8, 4) is 0 Å². The van der Waals surface area contributed by atoms with Crippen molar-refractivity contribution in [1.82, 2.24) is 10.6 Å². The Morgan fingerprint density at radius 2 is 1.81 bits per heavy atom. The molecule has 0 aliphatic carbocycles. The lowest BCUT2D eigenvalue weighted by molar-refractivity contribution is 0.0955. The Hall–Kier alpha value is -2.04. The first-order chi connectivity index (χ1) is 13.2. The molecule has 2 unspecified atom stereocenters. The highest BCUT2D eigenvalue weighted by Gasteiger charge is 2.34. The quantitative estimate of drug-likeness (QED) is 0.686. The first-order valence-electron chi connectivity index (χ1n) is 9.91. The molecule has 0 radical (unpaired) electrons. The highest BCUT2D eigenvalue weighted by atomic mass is 32.2. The zero-order valence-electron chi connectivity index (χ0n) is 15.5. The molecule has 2 bridgehead atoms. The van der Waals surface area contributed by atoms with E-state index < -0.39 is 0 Å². The molecular weight excluding hydrogens is 352 g/mol. The molecule has 27 heavy (non-hydrogen) atoms. The zero-order chi connectivity index (χ0) is 18.4. The topological polar surface area (TPSA) is 41.1 Å². The van der Waals surface area contributed by atoms with Gasteiger partial charge in [0.05, 0.1) is 0 Å². The lowest BCUT2D eigenvalue weighted by Crippen LogP contribution is -2.35. The SMILES string of the molecule is CCNC(=O)c1ccc2c(c1)Sc1ccccc1C2=C1CC2CCC(C1)N2. The molecule has 5 rings (SSSR count). The van der Waals surface area contributed by atoms with Gasteiger partial charge in [-0.05, 0) is 67.5 Å². The highest BCUT2D eigenvalue weighted by Crippen LogP contribution is 2.49. The van der Waals surface area contributed by atoms with Crippen molar-refractivity contribution in [2.24, 2.45) is 0 Å². The average Bonchev–Trinajstić information content (AvgIpc) is 3.03. The van der Waals surface area contributed by atoms with Crippen LogP contribution in [0.3, 0.4) is 0 Å². The minimum absolute atomic E-state index is 0.00822. The van der Waals surface area contributed by atoms with Gasteiger partial charge in [0, 0.05) is 34.0 Å². The highest BCUT2D eigenvalue weighted by molar-refractivity contribution is 7.99. The van der Waals surface area contributed by atoms with Crippen LogP contribution in [0.15, 0.2) is 57.8 Å². The fraction of sp³-hybridized carbons (Fsp3) is 0.348. The second-order valence-electron chi connectivity index (χ2n) is 7.69. The molecule has 3 aliphatic rings. The molecule has 138 valence electrons. The van der Waals surface area contributed by atoms with Crippen LogP contribution >= 0.6 is 11.8 Å². The summed E-state index contributed by atoms with van der Waals surface area (Å²) in [5, 5.41) is 6.67. The molecule has 2 atom stereocenters. The third-order valence-corrected chi connectivity index (χ3v) is 7.03. The number of nitrogens with one attached hydrogen (secondary N) is 2. The van der Waals surface area contributed by atoms with Gasteiger partial charge in [0.1, 0.15) is 0 Å². The van der Waals surface area contributed by atoms with Crippen LogP contribution in [0.5, 0.6) is 0 Å². The summed E-state index contributed by atoms with van der Waals surface area (Å²) in [6.45, 7) is 2.60. The molecule has 3 heterocycles. The first kappa shape index (κ1) is 17.1. The Kier molecular flexibility index (Phi) is 4.33. The predicted molar refractivity (Wildman–Crippen MR) is 110 cm³/mol. The van der Waals surface area contributed by atoms with Crippen LogP contribution in [0, 0.1) is 0 Å². The number of carbonyl (C=O) groups is 1. The van der Waals surface area contributed by atoms with Gasteiger partial charge in [-0.1, -0.05) is 41.6 Å². The third-order valence-electron chi connectivity index (χ3n) is 5.90. The Morgan fingerprint density at radius 1 is 1.07 bits per heavy atom. The number of amides is 1. The second kappa shape index (κ2) is 6.84. The van der Waals surface area contributed by atoms with Gasteiger partial charge >= 0.3 is 0 Å². The molecule has 2 saturated heterocycles. The van der Waals surface area contributed by atoms with Gasteiger partial charge in [-0.15, -0.1) is 0 Å². The van der Waals surface area contributed by atoms with Crippen molar-refractivity contribution in [2.75, 3.05) is 6.54 Å². The summed E-state index contributed by atoms with van der Waals surface area (Å²) in [7, 11) is 0. The van der Waals surface area contributed by atoms with Gasteiger partial charge in [-0.3, -0.25) is 4.79 Å². The van der Waals surface area contributed by atoms with Crippen molar-refractivity contribution in [1.29, 1.82) is 0 Å². The number of piperidine rings is 1. The molecule has 0 aromatic heterocycles. The van der Waals surface area contributed by atoms with Gasteiger partial charge in [0.2, 0.25) is 0 Å². The largest absolute Gasteiger partial charge is 0.352 e. The summed E-state index contributed by atoms with van der Waals surface area (Å²) in [6, 6.07) is 16.2. The molecule has 2 aromatic carbocycles. The summed E-state index contributed by atoms with van der Waals surface area (Å²) in [4.78, 5) is 14.8. The van der Waals surface area contributed by atoms with Gasteiger partial charge < -0.3 is 10.6 Å². The molecule has 1 amide bonds. The Labute approximate surface area is 164 Å². The number of carbonyl (C=O) groups excluding carboxylic acids is 1. The van der Waals surface area contributed by atoms with Crippen molar-refractivity contribution < 1.29 is 4.79 Å². The van der Waals surface area contributed by atoms with E-state index in [-0.39, 0.29) is 5.91 Å². The number of benzene rings is 2. The van der Waals surface area contributed by atoms with Gasteiger partial charge in [-0.2, -0.15) is 0 Å². The molecule has 3 aliphatic heterocycles. The standard InChI is InChI=1S/C23H24N2OS/c1-2-24-23(26)14-7-10-19-21(13-14)27-20-6-4-3-5-18(20)22(19)15-11-16-8-9-17(12-15)25-16/h3-7,10,13,16-17,25H,2,8-9,11-12H2,1H3,(H,24,26). The van der Waals surface area contributed by atoms with E-state index in [2.05, 4.69) is 47.0 Å². The summed E-state index contributed by atoms with van der Waals surface area (Å²) in [5.41, 5.74) is 6.40. The van der Waals surface area contributed by atoms with E-state index in [4.69, 9.17) is 0 Å². The van der Waals surface area contributed by atoms with Crippen molar-refractivity contribution in [3.05, 3.63) is 64.7 Å². The van der Waals surface area contributed by atoms with Gasteiger partial charge in [-0.25, -0.2) is 0 Å². The summed E-state index contributed by atoms with van der Waals surface area (Å²) in [5.74, 6) is 0.00822. The summed E-state index contributed by atoms with van der Waals surface area (Å²) < 4.78 is 0. The van der Waals surface area contributed by atoms with Gasteiger partial charge in [0.25, 0.3) is 5.91 Å². The van der Waals surface area contributed by atoms with Crippen LogP contribution in [-0.4, -0.2) is 24.5 Å². The van der Waals surface area contributed by atoms with Crippen LogP contribution in [0.4, 0.5) is 0 Å². The van der Waals surface area contributed by atoms with E-state index in [1.807, 2.05) is 13.0 Å². The normalized spacial score (nSPS) is 23.0. The summed E-state index contributed by atoms with van der Waals surface area (Å²) >= 11 is 1.79. The fourth-order valence-corrected chi connectivity index (χ4v) is 5.86. The maximum atomic E-state index is 12.3. The third kappa shape index (κ3) is 3.01. The molecule has 2 fully saturated rings. The van der Waals surface area contributed by atoms with E-state index >= 15 is 0 Å². The van der Waals surface area contributed by atoms with Crippen molar-refractivity contribution in [2.45, 2.75) is 54.5 Å². The lowest BCUT2D eigenvalue weighted by Gasteiger charge is -2.30. The Morgan fingerprint density at radius 3 is 2.59 bits per heavy atom. The predicted octanol–water partition coefficient (Wildman–Crippen LogP) is 4.62. The number of hydrogen-bond acceptors (Lipinski definition) is 3. The lowest BCUT2D eigenvalue weighted by atomic mass is 9.86. The smallest absolute Gasteiger partial charge is 0.251 e. The molecule has 4 heteroatoms. The van der Waals surface area contributed by atoms with Crippen molar-refractivity contribution >= 4 is 23.2 Å². The summed E-state index contributed by atoms with van der Waals surface area (Å²) in [6.07, 6.45) is 4.87. The van der Waals surface area contributed by atoms with E-state index in [0.29, 0.717) is 18.6 Å². The Bertz CT molecular complexity index is 935. The van der Waals surface area contributed by atoms with Crippen LogP contribution in [-0.2, 0) is 0 Å². The molecule has 2 N–H and O–H groups in total. The molecule has 0 spiro atoms.